The molecule has 0 radical (unpaired) electrons. The molecule has 0 aromatic heterocycles. The highest BCUT2D eigenvalue weighted by atomic mass is 16.5. The summed E-state index contributed by atoms with van der Waals surface area (Å²) < 4.78 is 11.7. The number of aryl methyl sites for hydroxylation is 1. The van der Waals surface area contributed by atoms with E-state index in [1.807, 2.05) is 6.07 Å². The molecule has 0 spiro atoms. The Hall–Kier alpha value is -1.06. The van der Waals surface area contributed by atoms with Crippen LogP contribution in [-0.2, 0) is 11.2 Å². The van der Waals surface area contributed by atoms with Crippen molar-refractivity contribution in [2.75, 3.05) is 13.2 Å². The van der Waals surface area contributed by atoms with Gasteiger partial charge in [0, 0.05) is 0 Å². The topological polar surface area (TPSA) is 44.5 Å². The summed E-state index contributed by atoms with van der Waals surface area (Å²) in [5.41, 5.74) is 8.08. The zero-order valence-corrected chi connectivity index (χ0v) is 11.3. The van der Waals surface area contributed by atoms with Gasteiger partial charge < -0.3 is 15.2 Å². The zero-order chi connectivity index (χ0) is 13.0. The molecule has 1 aromatic carbocycles. The number of hydrogen-bond donors (Lipinski definition) is 1. The first kappa shape index (κ1) is 13.4. The van der Waals surface area contributed by atoms with Crippen molar-refractivity contribution in [1.29, 1.82) is 0 Å². The van der Waals surface area contributed by atoms with Gasteiger partial charge in [0.2, 0.25) is 0 Å². The molecule has 1 aliphatic heterocycles. The third-order valence-electron chi connectivity index (χ3n) is 3.37. The highest BCUT2D eigenvalue weighted by Gasteiger charge is 2.22. The molecule has 0 saturated carbocycles. The molecule has 1 fully saturated rings. The van der Waals surface area contributed by atoms with Crippen molar-refractivity contribution in [3.05, 3.63) is 29.3 Å². The molecule has 18 heavy (non-hydrogen) atoms. The average molecular weight is 249 g/mol. The van der Waals surface area contributed by atoms with E-state index >= 15 is 0 Å². The van der Waals surface area contributed by atoms with Gasteiger partial charge in [0.1, 0.15) is 12.4 Å². The second kappa shape index (κ2) is 6.21. The Morgan fingerprint density at radius 2 is 2.22 bits per heavy atom. The van der Waals surface area contributed by atoms with Crippen LogP contribution in [-0.4, -0.2) is 25.4 Å². The number of benzene rings is 1. The lowest BCUT2D eigenvalue weighted by molar-refractivity contribution is 0.0262. The maximum atomic E-state index is 5.90. The first-order chi connectivity index (χ1) is 8.69. The molecule has 0 aliphatic carbocycles. The molecule has 1 saturated heterocycles. The second-order valence-electron chi connectivity index (χ2n) is 5.11. The van der Waals surface area contributed by atoms with E-state index in [1.54, 1.807) is 0 Å². The van der Waals surface area contributed by atoms with E-state index in [0.29, 0.717) is 19.3 Å². The number of rotatable bonds is 5. The van der Waals surface area contributed by atoms with E-state index in [4.69, 9.17) is 15.2 Å². The lowest BCUT2D eigenvalue weighted by atomic mass is 10.1. The molecule has 100 valence electrons. The van der Waals surface area contributed by atoms with Crippen LogP contribution in [0.4, 0.5) is 0 Å². The first-order valence-corrected chi connectivity index (χ1v) is 6.77. The van der Waals surface area contributed by atoms with E-state index in [1.165, 1.54) is 11.1 Å². The summed E-state index contributed by atoms with van der Waals surface area (Å²) in [5, 5.41) is 0. The maximum Gasteiger partial charge on any atom is 0.122 e. The van der Waals surface area contributed by atoms with Gasteiger partial charge in [0.05, 0.1) is 12.2 Å². The van der Waals surface area contributed by atoms with E-state index < -0.39 is 0 Å². The number of hydrogen-bond acceptors (Lipinski definition) is 3. The third kappa shape index (κ3) is 3.47. The molecule has 3 nitrogen and oxygen atoms in total. The monoisotopic (exact) mass is 249 g/mol. The Balaban J connectivity index is 1.95. The van der Waals surface area contributed by atoms with E-state index in [0.717, 1.165) is 25.0 Å². The fourth-order valence-electron chi connectivity index (χ4n) is 2.39. The zero-order valence-electron chi connectivity index (χ0n) is 11.3. The molecular weight excluding hydrogens is 226 g/mol. The van der Waals surface area contributed by atoms with Crippen LogP contribution in [0, 0.1) is 6.92 Å². The second-order valence-corrected chi connectivity index (χ2v) is 5.11. The molecule has 1 aromatic rings. The molecule has 3 heteroatoms. The fraction of sp³-hybridized carbons (Fsp3) is 0.600. The van der Waals surface area contributed by atoms with Crippen LogP contribution >= 0.6 is 0 Å². The van der Waals surface area contributed by atoms with Crippen LogP contribution in [0.2, 0.25) is 0 Å². The Bertz CT molecular complexity index is 392. The van der Waals surface area contributed by atoms with Crippen LogP contribution in [0.3, 0.4) is 0 Å². The molecule has 2 atom stereocenters. The van der Waals surface area contributed by atoms with Crippen LogP contribution < -0.4 is 10.5 Å². The molecule has 1 heterocycles. The highest BCUT2D eigenvalue weighted by Crippen LogP contribution is 2.23. The minimum Gasteiger partial charge on any atom is -0.491 e. The lowest BCUT2D eigenvalue weighted by Crippen LogP contribution is -2.18. The molecular formula is C15H23NO2. The lowest BCUT2D eigenvalue weighted by Gasteiger charge is -2.15. The molecule has 2 N–H and O–H groups in total. The number of nitrogens with two attached hydrogens (primary N) is 1. The highest BCUT2D eigenvalue weighted by molar-refractivity contribution is 5.37. The van der Waals surface area contributed by atoms with Gasteiger partial charge >= 0.3 is 0 Å². The predicted octanol–water partition coefficient (Wildman–Crippen LogP) is 2.44. The normalized spacial score (nSPS) is 23.3. The number of ether oxygens (including phenoxy) is 2. The summed E-state index contributed by atoms with van der Waals surface area (Å²) in [4.78, 5) is 0. The minimum atomic E-state index is 0.243. The van der Waals surface area contributed by atoms with Gasteiger partial charge in [-0.1, -0.05) is 17.7 Å². The third-order valence-corrected chi connectivity index (χ3v) is 3.37. The Kier molecular flexibility index (Phi) is 4.61. The Labute approximate surface area is 109 Å². The van der Waals surface area contributed by atoms with Crippen LogP contribution in [0.1, 0.15) is 30.9 Å². The summed E-state index contributed by atoms with van der Waals surface area (Å²) in [6.45, 7) is 5.50. The Morgan fingerprint density at radius 3 is 2.89 bits per heavy atom. The maximum absolute atomic E-state index is 5.90. The van der Waals surface area contributed by atoms with Crippen molar-refractivity contribution in [3.8, 4) is 5.75 Å². The van der Waals surface area contributed by atoms with Gasteiger partial charge in [-0.25, -0.2) is 0 Å². The summed E-state index contributed by atoms with van der Waals surface area (Å²) >= 11 is 0. The fourth-order valence-corrected chi connectivity index (χ4v) is 2.39. The van der Waals surface area contributed by atoms with Crippen LogP contribution in [0.25, 0.3) is 0 Å². The summed E-state index contributed by atoms with van der Waals surface area (Å²) in [6.07, 6.45) is 3.71. The first-order valence-electron chi connectivity index (χ1n) is 6.77. The van der Waals surface area contributed by atoms with Crippen molar-refractivity contribution in [2.24, 2.45) is 5.73 Å². The van der Waals surface area contributed by atoms with Gasteiger partial charge in [-0.05, 0) is 51.3 Å². The van der Waals surface area contributed by atoms with Gasteiger partial charge in [-0.3, -0.25) is 0 Å². The molecule has 0 bridgehead atoms. The van der Waals surface area contributed by atoms with E-state index in [2.05, 4.69) is 26.0 Å². The minimum absolute atomic E-state index is 0.243. The largest absolute Gasteiger partial charge is 0.491 e. The van der Waals surface area contributed by atoms with Crippen molar-refractivity contribution >= 4 is 0 Å². The quantitative estimate of drug-likeness (QED) is 0.871. The van der Waals surface area contributed by atoms with Gasteiger partial charge in [0.15, 0.2) is 0 Å². The summed E-state index contributed by atoms with van der Waals surface area (Å²) in [7, 11) is 0. The molecule has 0 amide bonds. The van der Waals surface area contributed by atoms with Crippen molar-refractivity contribution in [3.63, 3.8) is 0 Å². The van der Waals surface area contributed by atoms with Gasteiger partial charge in [-0.15, -0.1) is 0 Å². The summed E-state index contributed by atoms with van der Waals surface area (Å²) in [5.74, 6) is 0.953. The smallest absolute Gasteiger partial charge is 0.122 e. The summed E-state index contributed by atoms with van der Waals surface area (Å²) in [6, 6.07) is 6.27. The predicted molar refractivity (Wildman–Crippen MR) is 73.0 cm³/mol. The average Bonchev–Trinajstić information content (AvgIpc) is 2.75. The SMILES string of the molecule is Cc1ccc(OCC2CCC(C)O2)c(CCN)c1. The molecule has 2 rings (SSSR count). The van der Waals surface area contributed by atoms with E-state index in [9.17, 15) is 0 Å². The molecule has 2 unspecified atom stereocenters. The van der Waals surface area contributed by atoms with Crippen LogP contribution in [0.5, 0.6) is 5.75 Å². The van der Waals surface area contributed by atoms with Crippen molar-refractivity contribution in [1.82, 2.24) is 0 Å². The van der Waals surface area contributed by atoms with Crippen LogP contribution in [0.15, 0.2) is 18.2 Å². The van der Waals surface area contributed by atoms with Crippen molar-refractivity contribution < 1.29 is 9.47 Å². The molecule has 1 aliphatic rings. The Morgan fingerprint density at radius 1 is 1.39 bits per heavy atom. The standard InChI is InChI=1S/C15H23NO2/c1-11-3-6-15(13(9-11)7-8-16)17-10-14-5-4-12(2)18-14/h3,6,9,12,14H,4-5,7-8,10,16H2,1-2H3. The van der Waals surface area contributed by atoms with Gasteiger partial charge in [0.25, 0.3) is 0 Å². The van der Waals surface area contributed by atoms with Crippen molar-refractivity contribution in [2.45, 2.75) is 45.3 Å². The van der Waals surface area contributed by atoms with E-state index in [-0.39, 0.29) is 6.10 Å². The van der Waals surface area contributed by atoms with Gasteiger partial charge in [-0.2, -0.15) is 0 Å².